The minimum absolute atomic E-state index is 0.255. The molecule has 192 valence electrons. The smallest absolute Gasteiger partial charge is 0.475 e. The number of nitrogens with one attached hydrogen (secondary N) is 2. The summed E-state index contributed by atoms with van der Waals surface area (Å²) in [5.74, 6) is -3.35. The number of alkyl halides is 3. The molecule has 5 N–H and O–H groups in total. The van der Waals surface area contributed by atoms with E-state index in [0.717, 1.165) is 5.39 Å². The Balaban J connectivity index is 0.000000454. The number of benzene rings is 1. The van der Waals surface area contributed by atoms with Crippen LogP contribution in [0.1, 0.15) is 30.6 Å². The van der Waals surface area contributed by atoms with Crippen LogP contribution < -0.4 is 11.1 Å². The van der Waals surface area contributed by atoms with Gasteiger partial charge in [-0.2, -0.15) is 18.3 Å². The lowest BCUT2D eigenvalue weighted by Gasteiger charge is -2.25. The lowest BCUT2D eigenvalue weighted by Crippen LogP contribution is -2.44. The number of hydrogen-bond donors (Lipinski definition) is 4. The molecule has 0 bridgehead atoms. The van der Waals surface area contributed by atoms with E-state index in [1.54, 1.807) is 30.2 Å². The number of H-pyrrole nitrogens is 1. The number of carboxylic acid groups (broad SMARTS) is 1. The Morgan fingerprint density at radius 2 is 1.92 bits per heavy atom. The van der Waals surface area contributed by atoms with E-state index < -0.39 is 17.7 Å². The summed E-state index contributed by atoms with van der Waals surface area (Å²) in [6.07, 6.45) is -1.26. The third-order valence-corrected chi connectivity index (χ3v) is 5.15. The number of fused-ring (bicyclic) bond motifs is 2. The number of aromatic amines is 1. The monoisotopic (exact) mass is 509 g/mol. The maximum absolute atomic E-state index is 13.6. The Morgan fingerprint density at radius 3 is 2.53 bits per heavy atom. The van der Waals surface area contributed by atoms with Crippen LogP contribution in [0.5, 0.6) is 0 Å². The van der Waals surface area contributed by atoms with Crippen molar-refractivity contribution in [1.82, 2.24) is 30.0 Å². The lowest BCUT2D eigenvalue weighted by atomic mass is 10.0. The van der Waals surface area contributed by atoms with Gasteiger partial charge in [0.25, 0.3) is 5.91 Å². The molecule has 0 saturated heterocycles. The van der Waals surface area contributed by atoms with Crippen molar-refractivity contribution < 1.29 is 32.3 Å². The number of nitrogens with zero attached hydrogens (tertiary/aromatic N) is 4. The summed E-state index contributed by atoms with van der Waals surface area (Å²) < 4.78 is 46.9. The van der Waals surface area contributed by atoms with Crippen LogP contribution in [-0.4, -0.2) is 60.0 Å². The molecule has 1 aromatic carbocycles. The second-order valence-electron chi connectivity index (χ2n) is 8.47. The predicted molar refractivity (Wildman–Crippen MR) is 122 cm³/mol. The third-order valence-electron chi connectivity index (χ3n) is 5.15. The van der Waals surface area contributed by atoms with Gasteiger partial charge in [0, 0.05) is 24.2 Å². The lowest BCUT2D eigenvalue weighted by molar-refractivity contribution is -0.192. The van der Waals surface area contributed by atoms with Crippen LogP contribution in [-0.2, 0) is 11.8 Å². The molecule has 14 heteroatoms. The van der Waals surface area contributed by atoms with Gasteiger partial charge in [-0.3, -0.25) is 9.48 Å². The van der Waals surface area contributed by atoms with Crippen molar-refractivity contribution in [2.45, 2.75) is 32.0 Å². The van der Waals surface area contributed by atoms with Gasteiger partial charge in [0.15, 0.2) is 5.65 Å². The number of carbonyl (C=O) groups excluding carboxylic acids is 1. The van der Waals surface area contributed by atoms with Crippen LogP contribution in [0.25, 0.3) is 33.5 Å². The normalized spacial score (nSPS) is 11.9. The molecule has 0 aliphatic heterocycles. The summed E-state index contributed by atoms with van der Waals surface area (Å²) in [7, 11) is 1.74. The van der Waals surface area contributed by atoms with Gasteiger partial charge in [0.05, 0.1) is 17.3 Å². The van der Waals surface area contributed by atoms with Gasteiger partial charge in [-0.05, 0) is 45.0 Å². The minimum atomic E-state index is -5.08. The number of amides is 1. The van der Waals surface area contributed by atoms with Gasteiger partial charge in [0.1, 0.15) is 22.7 Å². The van der Waals surface area contributed by atoms with Gasteiger partial charge < -0.3 is 21.1 Å². The van der Waals surface area contributed by atoms with Crippen molar-refractivity contribution in [3.05, 3.63) is 42.0 Å². The van der Waals surface area contributed by atoms with E-state index in [9.17, 15) is 22.4 Å². The van der Waals surface area contributed by atoms with Crippen LogP contribution in [0, 0.1) is 5.82 Å². The summed E-state index contributed by atoms with van der Waals surface area (Å²) in [5, 5.41) is 15.3. The van der Waals surface area contributed by atoms with E-state index in [2.05, 4.69) is 25.4 Å². The topological polar surface area (TPSA) is 152 Å². The number of hydrogen-bond acceptors (Lipinski definition) is 6. The second-order valence-corrected chi connectivity index (χ2v) is 8.47. The molecule has 0 aliphatic carbocycles. The summed E-state index contributed by atoms with van der Waals surface area (Å²) in [6, 6.07) is 4.47. The number of aromatic nitrogens is 5. The number of halogens is 4. The van der Waals surface area contributed by atoms with Crippen molar-refractivity contribution in [3.8, 4) is 11.4 Å². The average Bonchev–Trinajstić information content (AvgIpc) is 3.33. The fourth-order valence-electron chi connectivity index (χ4n) is 3.40. The molecule has 0 aliphatic rings. The SMILES string of the molecule is Cn1nc(-c2cnc3[nH]cc(C(=O)NC(C)(C)CCN)c3n2)c2ccc(F)cc21.O=C(O)C(F)(F)F. The maximum Gasteiger partial charge on any atom is 0.490 e. The first kappa shape index (κ1) is 26.5. The zero-order chi connectivity index (χ0) is 26.8. The molecular formula is C22H23F4N7O3. The van der Waals surface area contributed by atoms with Crippen LogP contribution >= 0.6 is 0 Å². The number of rotatable bonds is 5. The number of aryl methyl sites for hydroxylation is 1. The van der Waals surface area contributed by atoms with Gasteiger partial charge in [-0.25, -0.2) is 19.2 Å². The molecule has 10 nitrogen and oxygen atoms in total. The molecule has 1 amide bonds. The maximum atomic E-state index is 13.6. The van der Waals surface area contributed by atoms with Crippen LogP contribution in [0.2, 0.25) is 0 Å². The third kappa shape index (κ3) is 5.76. The van der Waals surface area contributed by atoms with Crippen LogP contribution in [0.3, 0.4) is 0 Å². The minimum Gasteiger partial charge on any atom is -0.475 e. The first-order valence-corrected chi connectivity index (χ1v) is 10.5. The fourth-order valence-corrected chi connectivity index (χ4v) is 3.40. The first-order valence-electron chi connectivity index (χ1n) is 10.5. The highest BCUT2D eigenvalue weighted by Crippen LogP contribution is 2.28. The molecule has 36 heavy (non-hydrogen) atoms. The van der Waals surface area contributed by atoms with Gasteiger partial charge in [-0.1, -0.05) is 0 Å². The Labute approximate surface area is 201 Å². The van der Waals surface area contributed by atoms with E-state index in [4.69, 9.17) is 15.6 Å². The molecule has 0 fully saturated rings. The zero-order valence-corrected chi connectivity index (χ0v) is 19.4. The number of nitrogens with two attached hydrogens (primary N) is 1. The Bertz CT molecular complexity index is 1430. The summed E-state index contributed by atoms with van der Waals surface area (Å²) in [4.78, 5) is 33.7. The van der Waals surface area contributed by atoms with Crippen molar-refractivity contribution in [3.63, 3.8) is 0 Å². The zero-order valence-electron chi connectivity index (χ0n) is 19.4. The largest absolute Gasteiger partial charge is 0.490 e. The standard InChI is InChI=1S/C20H22FN7O.C2HF3O2/c1-20(2,6-7-22)26-19(29)13-9-23-18-17(13)25-14(10-24-18)16-12-5-4-11(21)8-15(12)28(3)27-16;3-2(4,5)1(6)7/h4-5,8-10H,6-7,22H2,1-3H3,(H,23,24)(H,26,29);(H,6,7). The van der Waals surface area contributed by atoms with Gasteiger partial charge in [0.2, 0.25) is 0 Å². The summed E-state index contributed by atoms with van der Waals surface area (Å²) in [6.45, 7) is 4.31. The summed E-state index contributed by atoms with van der Waals surface area (Å²) in [5.41, 5.74) is 8.26. The van der Waals surface area contributed by atoms with Crippen molar-refractivity contribution >= 4 is 33.9 Å². The molecule has 0 atom stereocenters. The molecule has 3 aromatic heterocycles. The Morgan fingerprint density at radius 1 is 1.25 bits per heavy atom. The number of aliphatic carboxylic acids is 1. The quantitative estimate of drug-likeness (QED) is 0.302. The number of carboxylic acids is 1. The van der Waals surface area contributed by atoms with Crippen LogP contribution in [0.4, 0.5) is 17.6 Å². The van der Waals surface area contributed by atoms with Crippen molar-refractivity contribution in [1.29, 1.82) is 0 Å². The van der Waals surface area contributed by atoms with E-state index >= 15 is 0 Å². The van der Waals surface area contributed by atoms with E-state index in [0.29, 0.717) is 46.6 Å². The molecule has 3 heterocycles. The highest BCUT2D eigenvalue weighted by Gasteiger charge is 2.38. The average molecular weight is 509 g/mol. The molecule has 4 rings (SSSR count). The Kier molecular flexibility index (Phi) is 7.29. The first-order chi connectivity index (χ1) is 16.7. The van der Waals surface area contributed by atoms with Crippen LogP contribution in [0.15, 0.2) is 30.6 Å². The molecular weight excluding hydrogens is 486 g/mol. The molecule has 0 radical (unpaired) electrons. The predicted octanol–water partition coefficient (Wildman–Crippen LogP) is 3.14. The second kappa shape index (κ2) is 9.89. The molecule has 4 aromatic rings. The molecule has 0 spiro atoms. The van der Waals surface area contributed by atoms with Crippen molar-refractivity contribution in [2.24, 2.45) is 12.8 Å². The number of carbonyl (C=O) groups is 2. The summed E-state index contributed by atoms with van der Waals surface area (Å²) >= 11 is 0. The van der Waals surface area contributed by atoms with Gasteiger partial charge in [-0.15, -0.1) is 0 Å². The van der Waals surface area contributed by atoms with E-state index in [1.165, 1.54) is 12.1 Å². The fraction of sp³-hybridized carbons (Fsp3) is 0.318. The highest BCUT2D eigenvalue weighted by atomic mass is 19.4. The van der Waals surface area contributed by atoms with Crippen molar-refractivity contribution in [2.75, 3.05) is 6.54 Å². The van der Waals surface area contributed by atoms with E-state index in [-0.39, 0.29) is 11.7 Å². The molecule has 0 saturated carbocycles. The van der Waals surface area contributed by atoms with E-state index in [1.807, 2.05) is 13.8 Å². The molecule has 0 unspecified atom stereocenters. The highest BCUT2D eigenvalue weighted by molar-refractivity contribution is 6.05. The van der Waals surface area contributed by atoms with Gasteiger partial charge >= 0.3 is 12.1 Å². The Hall–Kier alpha value is -4.07.